The molecule has 3 aromatic rings. The lowest BCUT2D eigenvalue weighted by Crippen LogP contribution is -1.86. The number of nitrogens with two attached hydrogens (primary N) is 1. The molecule has 0 unspecified atom stereocenters. The lowest BCUT2D eigenvalue weighted by atomic mass is 10.1. The van der Waals surface area contributed by atoms with Crippen molar-refractivity contribution in [2.24, 2.45) is 0 Å². The van der Waals surface area contributed by atoms with E-state index in [9.17, 15) is 0 Å². The monoisotopic (exact) mass is 235 g/mol. The van der Waals surface area contributed by atoms with Crippen molar-refractivity contribution < 1.29 is 4.42 Å². The Bertz CT molecular complexity index is 677. The van der Waals surface area contributed by atoms with Gasteiger partial charge in [-0.2, -0.15) is 0 Å². The third kappa shape index (κ3) is 2.00. The Balaban J connectivity index is 1.95. The number of rotatable bonds is 2. The maximum Gasteiger partial charge on any atom is 0.134 e. The molecule has 0 amide bonds. The summed E-state index contributed by atoms with van der Waals surface area (Å²) < 4.78 is 5.70. The van der Waals surface area contributed by atoms with E-state index in [1.165, 1.54) is 0 Å². The summed E-state index contributed by atoms with van der Waals surface area (Å²) >= 11 is 0. The number of furan rings is 1. The van der Waals surface area contributed by atoms with E-state index < -0.39 is 0 Å². The standard InChI is InChI=1S/C16H13NO/c17-15-7-3-1-5-12(15)9-10-14-11-13-6-2-4-8-16(13)18-14/h1-11H,17H2/b10-9+. The molecule has 1 aromatic heterocycles. The minimum Gasteiger partial charge on any atom is -0.457 e. The van der Waals surface area contributed by atoms with E-state index in [2.05, 4.69) is 0 Å². The Hall–Kier alpha value is -2.48. The molecule has 0 aliphatic rings. The Morgan fingerprint density at radius 1 is 0.889 bits per heavy atom. The summed E-state index contributed by atoms with van der Waals surface area (Å²) in [6.45, 7) is 0. The minimum atomic E-state index is 0.768. The van der Waals surface area contributed by atoms with Gasteiger partial charge >= 0.3 is 0 Å². The normalized spacial score (nSPS) is 11.3. The van der Waals surface area contributed by atoms with E-state index in [0.717, 1.165) is 28.0 Å². The summed E-state index contributed by atoms with van der Waals surface area (Å²) in [6.07, 6.45) is 3.90. The molecule has 0 bridgehead atoms. The van der Waals surface area contributed by atoms with Crippen LogP contribution < -0.4 is 5.73 Å². The predicted molar refractivity (Wildman–Crippen MR) is 76.0 cm³/mol. The van der Waals surface area contributed by atoms with Crippen LogP contribution in [-0.4, -0.2) is 0 Å². The summed E-state index contributed by atoms with van der Waals surface area (Å²) in [5, 5.41) is 1.11. The lowest BCUT2D eigenvalue weighted by molar-refractivity contribution is 0.604. The number of benzene rings is 2. The molecule has 2 heteroatoms. The highest BCUT2D eigenvalue weighted by Gasteiger charge is 1.99. The first-order valence-corrected chi connectivity index (χ1v) is 5.84. The maximum atomic E-state index is 5.88. The number of nitrogen functional groups attached to an aromatic ring is 1. The van der Waals surface area contributed by atoms with E-state index in [0.29, 0.717) is 0 Å². The van der Waals surface area contributed by atoms with Crippen molar-refractivity contribution in [2.45, 2.75) is 0 Å². The highest BCUT2D eigenvalue weighted by atomic mass is 16.3. The van der Waals surface area contributed by atoms with Gasteiger partial charge in [0.2, 0.25) is 0 Å². The third-order valence-electron chi connectivity index (χ3n) is 2.87. The van der Waals surface area contributed by atoms with Crippen LogP contribution in [0.2, 0.25) is 0 Å². The predicted octanol–water partition coefficient (Wildman–Crippen LogP) is 4.19. The minimum absolute atomic E-state index is 0.768. The highest BCUT2D eigenvalue weighted by Crippen LogP contribution is 2.21. The molecule has 0 saturated carbocycles. The van der Waals surface area contributed by atoms with Crippen LogP contribution in [0.5, 0.6) is 0 Å². The smallest absolute Gasteiger partial charge is 0.134 e. The zero-order chi connectivity index (χ0) is 12.4. The molecule has 0 saturated heterocycles. The number of hydrogen-bond acceptors (Lipinski definition) is 2. The molecule has 0 atom stereocenters. The number of anilines is 1. The zero-order valence-electron chi connectivity index (χ0n) is 9.84. The largest absolute Gasteiger partial charge is 0.457 e. The van der Waals surface area contributed by atoms with Gasteiger partial charge in [0.25, 0.3) is 0 Å². The molecule has 1 heterocycles. The molecule has 0 aliphatic heterocycles. The molecule has 0 aliphatic carbocycles. The van der Waals surface area contributed by atoms with Gasteiger partial charge in [-0.25, -0.2) is 0 Å². The fourth-order valence-electron chi connectivity index (χ4n) is 1.92. The molecule has 88 valence electrons. The summed E-state index contributed by atoms with van der Waals surface area (Å²) in [6, 6.07) is 17.7. The maximum absolute atomic E-state index is 5.88. The van der Waals surface area contributed by atoms with Crippen molar-refractivity contribution in [3.8, 4) is 0 Å². The van der Waals surface area contributed by atoms with Crippen molar-refractivity contribution in [1.29, 1.82) is 0 Å². The van der Waals surface area contributed by atoms with Crippen molar-refractivity contribution in [3.05, 3.63) is 65.9 Å². The van der Waals surface area contributed by atoms with Crippen LogP contribution in [0.25, 0.3) is 23.1 Å². The van der Waals surface area contributed by atoms with Crippen molar-refractivity contribution in [2.75, 3.05) is 5.73 Å². The molecule has 2 aromatic carbocycles. The SMILES string of the molecule is Nc1ccccc1/C=C/c1cc2ccccc2o1. The van der Waals surface area contributed by atoms with E-state index in [-0.39, 0.29) is 0 Å². The summed E-state index contributed by atoms with van der Waals surface area (Å²) in [7, 11) is 0. The molecule has 3 rings (SSSR count). The highest BCUT2D eigenvalue weighted by molar-refractivity contribution is 5.82. The molecule has 2 nitrogen and oxygen atoms in total. The second-order valence-corrected chi connectivity index (χ2v) is 4.15. The summed E-state index contributed by atoms with van der Waals surface area (Å²) in [5.41, 5.74) is 8.55. The van der Waals surface area contributed by atoms with Crippen molar-refractivity contribution in [3.63, 3.8) is 0 Å². The molecule has 18 heavy (non-hydrogen) atoms. The lowest BCUT2D eigenvalue weighted by Gasteiger charge is -1.97. The Kier molecular flexibility index (Phi) is 2.61. The van der Waals surface area contributed by atoms with Crippen molar-refractivity contribution in [1.82, 2.24) is 0 Å². The molecule has 0 spiro atoms. The Morgan fingerprint density at radius 3 is 2.50 bits per heavy atom. The van der Waals surface area contributed by atoms with Gasteiger partial charge in [0.1, 0.15) is 11.3 Å². The fraction of sp³-hybridized carbons (Fsp3) is 0. The van der Waals surface area contributed by atoms with Gasteiger partial charge < -0.3 is 10.2 Å². The summed E-state index contributed by atoms with van der Waals surface area (Å²) in [5.74, 6) is 0.833. The second-order valence-electron chi connectivity index (χ2n) is 4.15. The first kappa shape index (κ1) is 10.7. The molecular formula is C16H13NO. The number of fused-ring (bicyclic) bond motifs is 1. The first-order valence-electron chi connectivity index (χ1n) is 5.84. The number of para-hydroxylation sites is 2. The topological polar surface area (TPSA) is 39.2 Å². The number of hydrogen-bond donors (Lipinski definition) is 1. The van der Waals surface area contributed by atoms with E-state index in [1.54, 1.807) is 0 Å². The second kappa shape index (κ2) is 4.41. The molecule has 0 fully saturated rings. The van der Waals surface area contributed by atoms with Gasteiger partial charge in [-0.05, 0) is 35.9 Å². The zero-order valence-corrected chi connectivity index (χ0v) is 9.84. The average molecular weight is 235 g/mol. The van der Waals surface area contributed by atoms with Gasteiger partial charge in [0, 0.05) is 11.1 Å². The van der Waals surface area contributed by atoms with Crippen LogP contribution in [-0.2, 0) is 0 Å². The molecule has 0 radical (unpaired) electrons. The van der Waals surface area contributed by atoms with Gasteiger partial charge in [-0.3, -0.25) is 0 Å². The average Bonchev–Trinajstić information content (AvgIpc) is 2.80. The van der Waals surface area contributed by atoms with Crippen LogP contribution in [0.3, 0.4) is 0 Å². The van der Waals surface area contributed by atoms with Crippen LogP contribution in [0.4, 0.5) is 5.69 Å². The Labute approximate surface area is 105 Å². The van der Waals surface area contributed by atoms with Crippen LogP contribution in [0.15, 0.2) is 59.0 Å². The van der Waals surface area contributed by atoms with Gasteiger partial charge in [0.05, 0.1) is 0 Å². The molecular weight excluding hydrogens is 222 g/mol. The van der Waals surface area contributed by atoms with E-state index in [1.807, 2.05) is 66.7 Å². The molecule has 2 N–H and O–H groups in total. The Morgan fingerprint density at radius 2 is 1.67 bits per heavy atom. The fourth-order valence-corrected chi connectivity index (χ4v) is 1.92. The summed E-state index contributed by atoms with van der Waals surface area (Å²) in [4.78, 5) is 0. The van der Waals surface area contributed by atoms with E-state index >= 15 is 0 Å². The van der Waals surface area contributed by atoms with Crippen LogP contribution in [0, 0.1) is 0 Å². The van der Waals surface area contributed by atoms with Gasteiger partial charge in [-0.15, -0.1) is 0 Å². The van der Waals surface area contributed by atoms with Gasteiger partial charge in [-0.1, -0.05) is 36.4 Å². The van der Waals surface area contributed by atoms with Gasteiger partial charge in [0.15, 0.2) is 0 Å². The third-order valence-corrected chi connectivity index (χ3v) is 2.87. The quantitative estimate of drug-likeness (QED) is 0.676. The van der Waals surface area contributed by atoms with Crippen LogP contribution >= 0.6 is 0 Å². The van der Waals surface area contributed by atoms with E-state index in [4.69, 9.17) is 10.2 Å². The van der Waals surface area contributed by atoms with Crippen molar-refractivity contribution >= 4 is 28.8 Å². The first-order chi connectivity index (χ1) is 8.83. The van der Waals surface area contributed by atoms with Crippen LogP contribution in [0.1, 0.15) is 11.3 Å².